The Morgan fingerprint density at radius 1 is 1.29 bits per heavy atom. The summed E-state index contributed by atoms with van der Waals surface area (Å²) in [6.07, 6.45) is 4.22. The number of hydrogen-bond acceptors (Lipinski definition) is 8. The summed E-state index contributed by atoms with van der Waals surface area (Å²) in [7, 11) is 1.54. The smallest absolute Gasteiger partial charge is 0.319 e. The molecule has 2 amide bonds. The van der Waals surface area contributed by atoms with Gasteiger partial charge < -0.3 is 25.0 Å². The molecule has 1 atom stereocenters. The van der Waals surface area contributed by atoms with Crippen LogP contribution < -0.4 is 25.0 Å². The van der Waals surface area contributed by atoms with Crippen molar-refractivity contribution in [2.75, 3.05) is 30.4 Å². The number of carbonyl (C=O) groups excluding carboxylic acids is 1. The third-order valence-corrected chi connectivity index (χ3v) is 5.54. The van der Waals surface area contributed by atoms with Gasteiger partial charge in [-0.05, 0) is 42.3 Å². The fourth-order valence-corrected chi connectivity index (χ4v) is 3.98. The number of nitrogens with zero attached hydrogens (tertiary/aromatic N) is 4. The first-order chi connectivity index (χ1) is 15.1. The summed E-state index contributed by atoms with van der Waals surface area (Å²) in [5.74, 6) is 1.73. The molecule has 0 spiro atoms. The molecule has 0 aliphatic carbocycles. The number of nitrogens with one attached hydrogen (secondary N) is 2. The molecule has 3 aromatic rings. The second-order valence-electron chi connectivity index (χ2n) is 6.91. The number of urea groups is 1. The zero-order valence-corrected chi connectivity index (χ0v) is 18.3. The van der Waals surface area contributed by atoms with E-state index in [9.17, 15) is 4.79 Å². The molecular formula is C20H21ClN6O3S. The monoisotopic (exact) mass is 460 g/mol. The van der Waals surface area contributed by atoms with Crippen LogP contribution in [0.15, 0.2) is 42.7 Å². The van der Waals surface area contributed by atoms with E-state index in [-0.39, 0.29) is 12.1 Å². The van der Waals surface area contributed by atoms with E-state index >= 15 is 0 Å². The molecule has 162 valence electrons. The van der Waals surface area contributed by atoms with Crippen LogP contribution in [-0.4, -0.2) is 46.0 Å². The van der Waals surface area contributed by atoms with Crippen LogP contribution in [0.5, 0.6) is 11.6 Å². The number of carbonyl (C=O) groups is 1. The summed E-state index contributed by atoms with van der Waals surface area (Å²) >= 11 is 7.13. The molecule has 0 bridgehead atoms. The minimum atomic E-state index is -0.321. The number of anilines is 2. The van der Waals surface area contributed by atoms with E-state index < -0.39 is 0 Å². The third-order valence-electron chi connectivity index (χ3n) is 4.80. The molecule has 1 unspecified atom stereocenters. The molecule has 9 nitrogen and oxygen atoms in total. The predicted molar refractivity (Wildman–Crippen MR) is 119 cm³/mol. The van der Waals surface area contributed by atoms with Gasteiger partial charge in [0.2, 0.25) is 5.82 Å². The van der Waals surface area contributed by atoms with Crippen molar-refractivity contribution in [1.29, 1.82) is 0 Å². The number of methoxy groups -OCH3 is 1. The average Bonchev–Trinajstić information content (AvgIpc) is 3.42. The maximum atomic E-state index is 12.5. The quantitative estimate of drug-likeness (QED) is 0.555. The Labute approximate surface area is 188 Å². The van der Waals surface area contributed by atoms with Crippen LogP contribution in [0.4, 0.5) is 16.3 Å². The van der Waals surface area contributed by atoms with E-state index in [1.54, 1.807) is 30.6 Å². The Morgan fingerprint density at radius 2 is 2.13 bits per heavy atom. The number of aromatic nitrogens is 3. The summed E-state index contributed by atoms with van der Waals surface area (Å²) < 4.78 is 19.8. The molecule has 1 aromatic carbocycles. The average molecular weight is 461 g/mol. The molecule has 1 saturated heterocycles. The Morgan fingerprint density at radius 3 is 2.94 bits per heavy atom. The van der Waals surface area contributed by atoms with Gasteiger partial charge in [-0.25, -0.2) is 4.79 Å². The lowest BCUT2D eigenvalue weighted by Gasteiger charge is -2.18. The van der Waals surface area contributed by atoms with Crippen LogP contribution in [0.2, 0.25) is 5.02 Å². The van der Waals surface area contributed by atoms with E-state index in [4.69, 9.17) is 21.1 Å². The molecule has 31 heavy (non-hydrogen) atoms. The van der Waals surface area contributed by atoms with Crippen LogP contribution in [0.3, 0.4) is 0 Å². The Hall–Kier alpha value is -3.11. The normalized spacial score (nSPS) is 15.5. The summed E-state index contributed by atoms with van der Waals surface area (Å²) in [5.41, 5.74) is 1.51. The molecule has 1 aliphatic heterocycles. The first-order valence-corrected chi connectivity index (χ1v) is 10.7. The second kappa shape index (κ2) is 9.80. The lowest BCUT2D eigenvalue weighted by atomic mass is 10.2. The number of amides is 2. The highest BCUT2D eigenvalue weighted by atomic mass is 35.5. The molecular weight excluding hydrogens is 440 g/mol. The standard InChI is InChI=1S/C20H21ClN6O3S/c1-29-17-3-2-14(21)10-16(17)24-20(28)23-15-6-9-27(11-15)18-19(26-31-25-18)30-12-13-4-7-22-8-5-13/h2-5,7-8,10,15H,6,9,11-12H2,1H3,(H2,23,24,28). The summed E-state index contributed by atoms with van der Waals surface area (Å²) in [4.78, 5) is 18.5. The van der Waals surface area contributed by atoms with Gasteiger partial charge in [-0.1, -0.05) is 11.6 Å². The SMILES string of the molecule is COc1ccc(Cl)cc1NC(=O)NC1CCN(c2nsnc2OCc2ccncc2)C1. The number of ether oxygens (including phenoxy) is 2. The summed E-state index contributed by atoms with van der Waals surface area (Å²) in [6.45, 7) is 1.74. The van der Waals surface area contributed by atoms with E-state index in [2.05, 4.69) is 29.3 Å². The van der Waals surface area contributed by atoms with Crippen molar-refractivity contribution in [3.8, 4) is 11.6 Å². The highest BCUT2D eigenvalue weighted by Gasteiger charge is 2.28. The van der Waals surface area contributed by atoms with Crippen molar-refractivity contribution in [1.82, 2.24) is 19.0 Å². The Balaban J connectivity index is 1.32. The predicted octanol–water partition coefficient (Wildman–Crippen LogP) is 3.57. The van der Waals surface area contributed by atoms with Crippen LogP contribution in [0.1, 0.15) is 12.0 Å². The lowest BCUT2D eigenvalue weighted by Crippen LogP contribution is -2.39. The second-order valence-corrected chi connectivity index (χ2v) is 7.88. The third kappa shape index (κ3) is 5.33. The van der Waals surface area contributed by atoms with Crippen molar-refractivity contribution in [2.24, 2.45) is 0 Å². The van der Waals surface area contributed by atoms with Gasteiger partial charge in [0.1, 0.15) is 12.4 Å². The van der Waals surface area contributed by atoms with E-state index in [1.165, 1.54) is 7.11 Å². The zero-order valence-electron chi connectivity index (χ0n) is 16.7. The van der Waals surface area contributed by atoms with Crippen LogP contribution in [-0.2, 0) is 6.61 Å². The van der Waals surface area contributed by atoms with Crippen LogP contribution >= 0.6 is 23.3 Å². The van der Waals surface area contributed by atoms with E-state index in [0.29, 0.717) is 41.3 Å². The number of rotatable bonds is 7. The molecule has 1 fully saturated rings. The van der Waals surface area contributed by atoms with Crippen LogP contribution in [0, 0.1) is 0 Å². The Bertz CT molecular complexity index is 1030. The summed E-state index contributed by atoms with van der Waals surface area (Å²) in [5, 5.41) is 6.29. The van der Waals surface area contributed by atoms with Gasteiger partial charge >= 0.3 is 6.03 Å². The van der Waals surface area contributed by atoms with Gasteiger partial charge in [-0.15, -0.1) is 4.37 Å². The molecule has 11 heteroatoms. The maximum absolute atomic E-state index is 12.5. The molecule has 0 saturated carbocycles. The number of benzene rings is 1. The molecule has 2 N–H and O–H groups in total. The fourth-order valence-electron chi connectivity index (χ4n) is 3.28. The van der Waals surface area contributed by atoms with Gasteiger partial charge in [0.05, 0.1) is 24.5 Å². The first-order valence-electron chi connectivity index (χ1n) is 9.62. The number of halogens is 1. The fraction of sp³-hybridized carbons (Fsp3) is 0.300. The van der Waals surface area contributed by atoms with Gasteiger partial charge in [0, 0.05) is 36.5 Å². The molecule has 2 aromatic heterocycles. The highest BCUT2D eigenvalue weighted by Crippen LogP contribution is 2.30. The minimum absolute atomic E-state index is 0.0417. The highest BCUT2D eigenvalue weighted by molar-refractivity contribution is 6.99. The molecule has 3 heterocycles. The van der Waals surface area contributed by atoms with Gasteiger partial charge in [-0.2, -0.15) is 4.37 Å². The molecule has 4 rings (SSSR count). The Kier molecular flexibility index (Phi) is 6.68. The van der Waals surface area contributed by atoms with Gasteiger partial charge in [0.25, 0.3) is 5.88 Å². The maximum Gasteiger partial charge on any atom is 0.319 e. The lowest BCUT2D eigenvalue weighted by molar-refractivity contribution is 0.249. The molecule has 1 aliphatic rings. The van der Waals surface area contributed by atoms with Crippen molar-refractivity contribution in [3.63, 3.8) is 0 Å². The molecule has 0 radical (unpaired) electrons. The number of hydrogen-bond donors (Lipinski definition) is 2. The number of pyridine rings is 1. The van der Waals surface area contributed by atoms with E-state index in [1.807, 2.05) is 12.1 Å². The van der Waals surface area contributed by atoms with Gasteiger partial charge in [-0.3, -0.25) is 4.98 Å². The largest absolute Gasteiger partial charge is 0.495 e. The zero-order chi connectivity index (χ0) is 21.6. The van der Waals surface area contributed by atoms with Crippen molar-refractivity contribution in [2.45, 2.75) is 19.1 Å². The van der Waals surface area contributed by atoms with Crippen molar-refractivity contribution < 1.29 is 14.3 Å². The van der Waals surface area contributed by atoms with Crippen molar-refractivity contribution in [3.05, 3.63) is 53.3 Å². The summed E-state index contributed by atoms with van der Waals surface area (Å²) in [6, 6.07) is 8.48. The van der Waals surface area contributed by atoms with Crippen molar-refractivity contribution >= 4 is 40.9 Å². The first kappa shape index (κ1) is 21.1. The topological polar surface area (TPSA) is 102 Å². The minimum Gasteiger partial charge on any atom is -0.495 e. The van der Waals surface area contributed by atoms with Gasteiger partial charge in [0.15, 0.2) is 0 Å². The van der Waals surface area contributed by atoms with Crippen LogP contribution in [0.25, 0.3) is 0 Å². The van der Waals surface area contributed by atoms with E-state index in [0.717, 1.165) is 30.3 Å².